The van der Waals surface area contributed by atoms with Crippen LogP contribution in [0.3, 0.4) is 0 Å². The number of carboxylic acid groups (broad SMARTS) is 1. The highest BCUT2D eigenvalue weighted by Gasteiger charge is 2.39. The van der Waals surface area contributed by atoms with Crippen LogP contribution in [0.2, 0.25) is 0 Å². The van der Waals surface area contributed by atoms with Crippen molar-refractivity contribution in [3.8, 4) is 22.3 Å². The van der Waals surface area contributed by atoms with Crippen LogP contribution >= 0.6 is 0 Å². The highest BCUT2D eigenvalue weighted by Crippen LogP contribution is 2.49. The molecule has 0 spiro atoms. The van der Waals surface area contributed by atoms with Crippen LogP contribution in [0.5, 0.6) is 0 Å². The molecule has 0 radical (unpaired) electrons. The largest absolute Gasteiger partial charge is 0.478 e. The van der Waals surface area contributed by atoms with Crippen molar-refractivity contribution in [3.05, 3.63) is 82.4 Å². The van der Waals surface area contributed by atoms with Gasteiger partial charge in [0.25, 0.3) is 0 Å². The summed E-state index contributed by atoms with van der Waals surface area (Å²) in [6, 6.07) is 18.3. The molecule has 0 unspecified atom stereocenters. The second kappa shape index (κ2) is 9.62. The zero-order valence-electron chi connectivity index (χ0n) is 21.7. The Labute approximate surface area is 209 Å². The van der Waals surface area contributed by atoms with Crippen LogP contribution in [0.4, 0.5) is 0 Å². The van der Waals surface area contributed by atoms with Gasteiger partial charge in [0.2, 0.25) is 0 Å². The molecular formula is C32H38O3. The Hall–Kier alpha value is -2.91. The van der Waals surface area contributed by atoms with Gasteiger partial charge in [0.15, 0.2) is 0 Å². The molecule has 1 aliphatic rings. The van der Waals surface area contributed by atoms with E-state index in [9.17, 15) is 15.0 Å². The summed E-state index contributed by atoms with van der Waals surface area (Å²) < 4.78 is 0. The molecule has 0 bridgehead atoms. The number of rotatable bonds is 7. The lowest BCUT2D eigenvalue weighted by molar-refractivity contribution is 0.0697. The molecule has 3 nitrogen and oxygen atoms in total. The molecule has 0 atom stereocenters. The van der Waals surface area contributed by atoms with E-state index < -0.39 is 5.97 Å². The summed E-state index contributed by atoms with van der Waals surface area (Å²) in [5, 5.41) is 18.8. The SMILES string of the molecule is CCc1c(-c2cc(-c3ccc(C(=O)O)cc3)ccc2CCCO)ccc2c1C(C)(C)CCC2(C)C. The number of carbonyl (C=O) groups is 1. The van der Waals surface area contributed by atoms with Crippen LogP contribution in [-0.2, 0) is 23.7 Å². The molecule has 35 heavy (non-hydrogen) atoms. The van der Waals surface area contributed by atoms with Crippen LogP contribution in [0.1, 0.15) is 86.5 Å². The number of hydrogen-bond acceptors (Lipinski definition) is 2. The van der Waals surface area contributed by atoms with Gasteiger partial charge in [-0.1, -0.05) is 71.0 Å². The minimum absolute atomic E-state index is 0.127. The van der Waals surface area contributed by atoms with E-state index in [-0.39, 0.29) is 17.4 Å². The number of aliphatic hydroxyl groups is 1. The first-order valence-electron chi connectivity index (χ1n) is 12.8. The lowest BCUT2D eigenvalue weighted by Gasteiger charge is -2.43. The summed E-state index contributed by atoms with van der Waals surface area (Å²) in [4.78, 5) is 11.3. The molecule has 0 aliphatic heterocycles. The summed E-state index contributed by atoms with van der Waals surface area (Å²) in [6.45, 7) is 11.9. The van der Waals surface area contributed by atoms with E-state index in [1.54, 1.807) is 12.1 Å². The fraction of sp³-hybridized carbons (Fsp3) is 0.406. The van der Waals surface area contributed by atoms with Crippen molar-refractivity contribution in [2.45, 2.75) is 77.6 Å². The topological polar surface area (TPSA) is 57.5 Å². The van der Waals surface area contributed by atoms with Gasteiger partial charge >= 0.3 is 5.97 Å². The number of fused-ring (bicyclic) bond motifs is 1. The van der Waals surface area contributed by atoms with Crippen molar-refractivity contribution in [1.82, 2.24) is 0 Å². The molecule has 0 saturated heterocycles. The Morgan fingerprint density at radius 2 is 1.51 bits per heavy atom. The molecule has 3 aromatic rings. The molecule has 0 fully saturated rings. The van der Waals surface area contributed by atoms with Gasteiger partial charge < -0.3 is 10.2 Å². The van der Waals surface area contributed by atoms with Crippen LogP contribution < -0.4 is 0 Å². The van der Waals surface area contributed by atoms with Crippen molar-refractivity contribution >= 4 is 5.97 Å². The van der Waals surface area contributed by atoms with Crippen molar-refractivity contribution in [1.29, 1.82) is 0 Å². The average Bonchev–Trinajstić information content (AvgIpc) is 2.84. The molecule has 184 valence electrons. The zero-order chi connectivity index (χ0) is 25.4. The van der Waals surface area contributed by atoms with Gasteiger partial charge in [-0.05, 0) is 106 Å². The van der Waals surface area contributed by atoms with Gasteiger partial charge in [-0.25, -0.2) is 4.79 Å². The van der Waals surface area contributed by atoms with Crippen LogP contribution in [0, 0.1) is 0 Å². The maximum absolute atomic E-state index is 11.3. The Kier molecular flexibility index (Phi) is 6.92. The highest BCUT2D eigenvalue weighted by molar-refractivity contribution is 5.88. The number of hydrogen-bond donors (Lipinski definition) is 2. The smallest absolute Gasteiger partial charge is 0.335 e. The van der Waals surface area contributed by atoms with E-state index >= 15 is 0 Å². The number of aromatic carboxylic acids is 1. The van der Waals surface area contributed by atoms with Crippen LogP contribution in [0.25, 0.3) is 22.3 Å². The molecule has 1 aliphatic carbocycles. The van der Waals surface area contributed by atoms with Gasteiger partial charge in [-0.3, -0.25) is 0 Å². The number of aryl methyl sites for hydroxylation is 1. The van der Waals surface area contributed by atoms with E-state index in [2.05, 4.69) is 65.0 Å². The summed E-state index contributed by atoms with van der Waals surface area (Å²) in [6.07, 6.45) is 4.88. The average molecular weight is 471 g/mol. The van der Waals surface area contributed by atoms with Crippen molar-refractivity contribution in [2.24, 2.45) is 0 Å². The maximum atomic E-state index is 11.3. The van der Waals surface area contributed by atoms with Gasteiger partial charge in [0, 0.05) is 6.61 Å². The highest BCUT2D eigenvalue weighted by atomic mass is 16.4. The van der Waals surface area contributed by atoms with E-state index in [1.807, 2.05) is 12.1 Å². The molecular weight excluding hydrogens is 432 g/mol. The fourth-order valence-electron chi connectivity index (χ4n) is 5.79. The molecule has 0 amide bonds. The van der Waals surface area contributed by atoms with E-state index in [0.29, 0.717) is 5.56 Å². The molecule has 0 heterocycles. The third-order valence-electron chi connectivity index (χ3n) is 7.92. The van der Waals surface area contributed by atoms with Gasteiger partial charge in [0.1, 0.15) is 0 Å². The van der Waals surface area contributed by atoms with Gasteiger partial charge in [0.05, 0.1) is 5.56 Å². The summed E-state index contributed by atoms with van der Waals surface area (Å²) >= 11 is 0. The monoisotopic (exact) mass is 470 g/mol. The third-order valence-corrected chi connectivity index (χ3v) is 7.92. The first kappa shape index (κ1) is 25.2. The Balaban J connectivity index is 1.92. The van der Waals surface area contributed by atoms with E-state index in [1.165, 1.54) is 46.2 Å². The first-order valence-corrected chi connectivity index (χ1v) is 12.8. The zero-order valence-corrected chi connectivity index (χ0v) is 21.7. The van der Waals surface area contributed by atoms with Gasteiger partial charge in [-0.15, -0.1) is 0 Å². The summed E-state index contributed by atoms with van der Waals surface area (Å²) in [7, 11) is 0. The standard InChI is InChI=1S/C32H38O3/c1-6-25-26(15-16-28-29(25)32(4,5)18-17-31(28,2)3)27-20-24(14-11-22(27)8-7-19-33)21-9-12-23(13-10-21)30(34)35/h9-16,20,33H,6-8,17-19H2,1-5H3,(H,34,35). The number of aliphatic hydroxyl groups excluding tert-OH is 1. The lowest BCUT2D eigenvalue weighted by Crippen LogP contribution is -2.35. The van der Waals surface area contributed by atoms with Gasteiger partial charge in [-0.2, -0.15) is 0 Å². The predicted octanol–water partition coefficient (Wildman–Crippen LogP) is 7.56. The van der Waals surface area contributed by atoms with Crippen molar-refractivity contribution < 1.29 is 15.0 Å². The predicted molar refractivity (Wildman–Crippen MR) is 144 cm³/mol. The molecule has 0 aromatic heterocycles. The van der Waals surface area contributed by atoms with Crippen LogP contribution in [-0.4, -0.2) is 22.8 Å². The normalized spacial score (nSPS) is 16.1. The summed E-state index contributed by atoms with van der Waals surface area (Å²) in [5.74, 6) is -0.913. The minimum Gasteiger partial charge on any atom is -0.478 e. The molecule has 3 heteroatoms. The quantitative estimate of drug-likeness (QED) is 0.375. The minimum atomic E-state index is -0.913. The van der Waals surface area contributed by atoms with E-state index in [0.717, 1.165) is 30.4 Å². The Morgan fingerprint density at radius 3 is 2.14 bits per heavy atom. The fourth-order valence-corrected chi connectivity index (χ4v) is 5.79. The first-order chi connectivity index (χ1) is 16.6. The molecule has 0 saturated carbocycles. The number of carboxylic acids is 1. The maximum Gasteiger partial charge on any atom is 0.335 e. The second-order valence-electron chi connectivity index (χ2n) is 11.2. The third kappa shape index (κ3) is 4.79. The molecule has 3 aromatic carbocycles. The van der Waals surface area contributed by atoms with E-state index in [4.69, 9.17) is 0 Å². The van der Waals surface area contributed by atoms with Crippen LogP contribution in [0.15, 0.2) is 54.6 Å². The number of benzene rings is 3. The molecule has 4 rings (SSSR count). The lowest BCUT2D eigenvalue weighted by atomic mass is 9.61. The second-order valence-corrected chi connectivity index (χ2v) is 11.2. The Morgan fingerprint density at radius 1 is 0.857 bits per heavy atom. The van der Waals surface area contributed by atoms with Crippen molar-refractivity contribution in [2.75, 3.05) is 6.61 Å². The van der Waals surface area contributed by atoms with Crippen molar-refractivity contribution in [3.63, 3.8) is 0 Å². The Bertz CT molecular complexity index is 1230. The summed E-state index contributed by atoms with van der Waals surface area (Å²) in [5.41, 5.74) is 10.8. The molecule has 2 N–H and O–H groups in total.